The average molecular weight is 336 g/mol. The zero-order valence-corrected chi connectivity index (χ0v) is 13.3. The number of carbonyl (C=O) groups is 1. The van der Waals surface area contributed by atoms with Gasteiger partial charge in [0.05, 0.1) is 5.56 Å². The third-order valence-corrected chi connectivity index (χ3v) is 4.41. The van der Waals surface area contributed by atoms with Crippen LogP contribution in [0.15, 0.2) is 24.3 Å². The van der Waals surface area contributed by atoms with Crippen LogP contribution in [0.25, 0.3) is 0 Å². The van der Waals surface area contributed by atoms with Crippen LogP contribution in [0.3, 0.4) is 0 Å². The Morgan fingerprint density at radius 1 is 1.23 bits per heavy atom. The summed E-state index contributed by atoms with van der Waals surface area (Å²) in [5.74, 6) is -1.09. The summed E-state index contributed by atoms with van der Waals surface area (Å²) < 4.78 is 59.3. The molecule has 1 aromatic rings. The summed E-state index contributed by atoms with van der Waals surface area (Å²) in [6.45, 7) is 4.31. The topological polar surface area (TPSA) is 80.7 Å². The first kappa shape index (κ1) is 18.5. The minimum atomic E-state index is -5.62. The number of esters is 1. The van der Waals surface area contributed by atoms with Gasteiger partial charge in [0, 0.05) is 0 Å². The molecule has 0 atom stereocenters. The minimum absolute atomic E-state index is 0.0155. The van der Waals surface area contributed by atoms with Crippen LogP contribution in [0.5, 0.6) is 0 Å². The minimum Gasteiger partial charge on any atom is -0.454 e. The Morgan fingerprint density at radius 2 is 1.73 bits per heavy atom. The first-order valence-corrected chi connectivity index (χ1v) is 7.97. The Hall–Kier alpha value is -1.54. The van der Waals surface area contributed by atoms with Crippen LogP contribution in [-0.2, 0) is 20.3 Å². The SMILES string of the molecule is CCC(C)(C)c1ccc(C(=O)OCC(F)(F)S(=O)(=O)O)cc1. The summed E-state index contributed by atoms with van der Waals surface area (Å²) in [4.78, 5) is 11.6. The van der Waals surface area contributed by atoms with Crippen LogP contribution < -0.4 is 0 Å². The summed E-state index contributed by atoms with van der Waals surface area (Å²) >= 11 is 0. The highest BCUT2D eigenvalue weighted by Gasteiger charge is 2.45. The van der Waals surface area contributed by atoms with Crippen molar-refractivity contribution in [2.45, 2.75) is 37.9 Å². The average Bonchev–Trinajstić information content (AvgIpc) is 2.43. The van der Waals surface area contributed by atoms with Gasteiger partial charge in [-0.15, -0.1) is 0 Å². The van der Waals surface area contributed by atoms with E-state index in [1.165, 1.54) is 12.1 Å². The highest BCUT2D eigenvalue weighted by atomic mass is 32.2. The van der Waals surface area contributed by atoms with Gasteiger partial charge >= 0.3 is 21.3 Å². The van der Waals surface area contributed by atoms with Crippen molar-refractivity contribution in [2.24, 2.45) is 0 Å². The number of alkyl halides is 2. The van der Waals surface area contributed by atoms with E-state index in [1.807, 2.05) is 20.8 Å². The number of ether oxygens (including phenoxy) is 1. The molecule has 22 heavy (non-hydrogen) atoms. The molecule has 8 heteroatoms. The van der Waals surface area contributed by atoms with Crippen molar-refractivity contribution in [3.63, 3.8) is 0 Å². The van der Waals surface area contributed by atoms with E-state index in [-0.39, 0.29) is 11.0 Å². The van der Waals surface area contributed by atoms with E-state index in [1.54, 1.807) is 12.1 Å². The Bertz CT molecular complexity index is 636. The van der Waals surface area contributed by atoms with E-state index >= 15 is 0 Å². The zero-order chi connectivity index (χ0) is 17.2. The number of rotatable bonds is 6. The molecule has 0 aliphatic rings. The van der Waals surface area contributed by atoms with Gasteiger partial charge in [-0.05, 0) is 29.5 Å². The lowest BCUT2D eigenvalue weighted by Gasteiger charge is -2.23. The summed E-state index contributed by atoms with van der Waals surface area (Å²) in [5.41, 5.74) is 0.886. The Balaban J connectivity index is 2.80. The fourth-order valence-electron chi connectivity index (χ4n) is 1.57. The number of carbonyl (C=O) groups excluding carboxylic acids is 1. The largest absolute Gasteiger partial charge is 0.454 e. The Labute approximate surface area is 128 Å². The van der Waals surface area contributed by atoms with Gasteiger partial charge in [0.25, 0.3) is 0 Å². The van der Waals surface area contributed by atoms with Crippen LogP contribution >= 0.6 is 0 Å². The van der Waals surface area contributed by atoms with Crippen molar-refractivity contribution in [3.8, 4) is 0 Å². The fourth-order valence-corrected chi connectivity index (χ4v) is 1.78. The number of benzene rings is 1. The van der Waals surface area contributed by atoms with Crippen molar-refractivity contribution < 1.29 is 31.3 Å². The van der Waals surface area contributed by atoms with E-state index in [4.69, 9.17) is 4.55 Å². The second-order valence-electron chi connectivity index (χ2n) is 5.50. The first-order valence-electron chi connectivity index (χ1n) is 6.53. The highest BCUT2D eigenvalue weighted by molar-refractivity contribution is 7.86. The number of hydrogen-bond acceptors (Lipinski definition) is 4. The van der Waals surface area contributed by atoms with Crippen LogP contribution in [0.2, 0.25) is 0 Å². The molecule has 0 amide bonds. The maximum atomic E-state index is 13.0. The first-order chi connectivity index (χ1) is 9.90. The molecule has 1 aromatic carbocycles. The molecule has 0 aliphatic carbocycles. The molecule has 0 unspecified atom stereocenters. The van der Waals surface area contributed by atoms with E-state index < -0.39 is 27.9 Å². The second-order valence-corrected chi connectivity index (χ2v) is 7.05. The molecule has 5 nitrogen and oxygen atoms in total. The van der Waals surface area contributed by atoms with Gasteiger partial charge in [0.2, 0.25) is 0 Å². The zero-order valence-electron chi connectivity index (χ0n) is 12.5. The monoisotopic (exact) mass is 336 g/mol. The molecule has 0 aliphatic heterocycles. The molecule has 0 saturated carbocycles. The molecule has 0 radical (unpaired) electrons. The molecule has 1 rings (SSSR count). The Kier molecular flexibility index (Phi) is 5.30. The van der Waals surface area contributed by atoms with Crippen LogP contribution in [0, 0.1) is 0 Å². The van der Waals surface area contributed by atoms with Crippen molar-refractivity contribution >= 4 is 16.1 Å². The summed E-state index contributed by atoms with van der Waals surface area (Å²) in [5, 5.41) is -4.53. The van der Waals surface area contributed by atoms with E-state index in [0.29, 0.717) is 0 Å². The molecule has 0 bridgehead atoms. The van der Waals surface area contributed by atoms with Crippen molar-refractivity contribution in [1.82, 2.24) is 0 Å². The molecule has 0 heterocycles. The van der Waals surface area contributed by atoms with Crippen LogP contribution in [0.4, 0.5) is 8.78 Å². The van der Waals surface area contributed by atoms with Gasteiger partial charge in [-0.2, -0.15) is 17.2 Å². The molecule has 0 spiro atoms. The smallest absolute Gasteiger partial charge is 0.402 e. The van der Waals surface area contributed by atoms with Gasteiger partial charge in [-0.1, -0.05) is 32.9 Å². The molecule has 1 N–H and O–H groups in total. The third-order valence-electron chi connectivity index (χ3n) is 3.53. The van der Waals surface area contributed by atoms with E-state index in [9.17, 15) is 22.0 Å². The quantitative estimate of drug-likeness (QED) is 0.638. The van der Waals surface area contributed by atoms with Gasteiger partial charge in [-0.25, -0.2) is 4.79 Å². The standard InChI is InChI=1S/C14H18F2O5S/c1-4-13(2,3)11-7-5-10(6-8-11)12(17)21-9-14(15,16)22(18,19)20/h5-8H,4,9H2,1-3H3,(H,18,19,20). The number of hydrogen-bond donors (Lipinski definition) is 1. The maximum absolute atomic E-state index is 13.0. The van der Waals surface area contributed by atoms with Crippen LogP contribution in [-0.4, -0.2) is 30.8 Å². The third kappa shape index (κ3) is 4.23. The molecular formula is C14H18F2O5S. The fraction of sp³-hybridized carbons (Fsp3) is 0.500. The predicted octanol–water partition coefficient (Wildman–Crippen LogP) is 3.01. The van der Waals surface area contributed by atoms with E-state index in [0.717, 1.165) is 12.0 Å². The Morgan fingerprint density at radius 3 is 2.14 bits per heavy atom. The van der Waals surface area contributed by atoms with Crippen LogP contribution in [0.1, 0.15) is 43.1 Å². The van der Waals surface area contributed by atoms with Gasteiger partial charge in [-0.3, -0.25) is 4.55 Å². The predicted molar refractivity (Wildman–Crippen MR) is 76.5 cm³/mol. The maximum Gasteiger partial charge on any atom is 0.402 e. The molecule has 0 aromatic heterocycles. The van der Waals surface area contributed by atoms with Crippen molar-refractivity contribution in [3.05, 3.63) is 35.4 Å². The van der Waals surface area contributed by atoms with Gasteiger partial charge < -0.3 is 4.74 Å². The summed E-state index contributed by atoms with van der Waals surface area (Å²) in [6, 6.07) is 6.20. The van der Waals surface area contributed by atoms with Gasteiger partial charge in [0.1, 0.15) is 0 Å². The molecule has 124 valence electrons. The highest BCUT2D eigenvalue weighted by Crippen LogP contribution is 2.27. The normalized spacial score (nSPS) is 13.0. The lowest BCUT2D eigenvalue weighted by atomic mass is 9.82. The molecular weight excluding hydrogens is 318 g/mol. The lowest BCUT2D eigenvalue weighted by Crippen LogP contribution is -2.34. The number of halogens is 2. The second kappa shape index (κ2) is 6.29. The van der Waals surface area contributed by atoms with Crippen molar-refractivity contribution in [1.29, 1.82) is 0 Å². The molecule has 0 fully saturated rings. The summed E-state index contributed by atoms with van der Waals surface area (Å²) in [7, 11) is -5.62. The lowest BCUT2D eigenvalue weighted by molar-refractivity contribution is -0.00950. The summed E-state index contributed by atoms with van der Waals surface area (Å²) in [6.07, 6.45) is 0.872. The van der Waals surface area contributed by atoms with Gasteiger partial charge in [0.15, 0.2) is 6.61 Å². The van der Waals surface area contributed by atoms with E-state index in [2.05, 4.69) is 4.74 Å². The van der Waals surface area contributed by atoms with Crippen molar-refractivity contribution in [2.75, 3.05) is 6.61 Å². The molecule has 0 saturated heterocycles.